The summed E-state index contributed by atoms with van der Waals surface area (Å²) in [4.78, 5) is 52.4. The van der Waals surface area contributed by atoms with Gasteiger partial charge in [0.2, 0.25) is 17.6 Å². The van der Waals surface area contributed by atoms with E-state index in [1.54, 1.807) is 11.6 Å². The third kappa shape index (κ3) is 7.17. The highest BCUT2D eigenvalue weighted by atomic mass is 19.2. The summed E-state index contributed by atoms with van der Waals surface area (Å²) in [5.74, 6) is -7.79. The van der Waals surface area contributed by atoms with E-state index >= 15 is 0 Å². The van der Waals surface area contributed by atoms with Crippen LogP contribution in [0.15, 0.2) is 71.7 Å². The highest BCUT2D eigenvalue weighted by molar-refractivity contribution is 6.00. The lowest BCUT2D eigenvalue weighted by atomic mass is 9.86. The zero-order valence-corrected chi connectivity index (χ0v) is 32.3. The summed E-state index contributed by atoms with van der Waals surface area (Å²) in [5, 5.41) is 20.2. The van der Waals surface area contributed by atoms with Crippen LogP contribution >= 0.6 is 0 Å². The first kappa shape index (κ1) is 38.3. The van der Waals surface area contributed by atoms with Crippen LogP contribution in [0, 0.1) is 23.4 Å². The Morgan fingerprint density at radius 3 is 2.44 bits per heavy atom. The lowest BCUT2D eigenvalue weighted by molar-refractivity contribution is -0.135. The van der Waals surface area contributed by atoms with Gasteiger partial charge in [-0.05, 0) is 103 Å². The van der Waals surface area contributed by atoms with Gasteiger partial charge in [-0.15, -0.1) is 0 Å². The molecule has 0 unspecified atom stereocenters. The van der Waals surface area contributed by atoms with Gasteiger partial charge in [0, 0.05) is 51.2 Å². The molecule has 304 valence electrons. The zero-order chi connectivity index (χ0) is 41.1. The van der Waals surface area contributed by atoms with E-state index in [4.69, 9.17) is 5.10 Å². The average molecular weight is 806 g/mol. The molecule has 1 saturated carbocycles. The van der Waals surface area contributed by atoms with E-state index in [-0.39, 0.29) is 36.5 Å². The van der Waals surface area contributed by atoms with Crippen molar-refractivity contribution in [2.75, 3.05) is 13.1 Å². The molecule has 9 rings (SSSR count). The van der Waals surface area contributed by atoms with Gasteiger partial charge < -0.3 is 10.4 Å². The average Bonchev–Trinajstić information content (AvgIpc) is 3.93. The molecular weight excluding hydrogens is 764 g/mol. The van der Waals surface area contributed by atoms with Crippen LogP contribution in [-0.2, 0) is 36.1 Å². The number of imidazole rings is 1. The minimum Gasteiger partial charge on any atom is -0.503 e. The van der Waals surface area contributed by atoms with Crippen molar-refractivity contribution in [3.05, 3.63) is 117 Å². The molecule has 2 aromatic heterocycles. The Bertz CT molecular complexity index is 2750. The van der Waals surface area contributed by atoms with E-state index in [0.717, 1.165) is 84.8 Å². The molecule has 1 atom stereocenters. The number of imide groups is 1. The fourth-order valence-electron chi connectivity index (χ4n) is 8.98. The Balaban J connectivity index is 0.803. The zero-order valence-electron chi connectivity index (χ0n) is 32.3. The highest BCUT2D eigenvalue weighted by Gasteiger charge is 2.32. The van der Waals surface area contributed by atoms with Crippen molar-refractivity contribution < 1.29 is 32.7 Å². The molecule has 6 aromatic rings. The van der Waals surface area contributed by atoms with Crippen LogP contribution in [0.25, 0.3) is 33.1 Å². The summed E-state index contributed by atoms with van der Waals surface area (Å²) in [6.45, 7) is 2.74. The van der Waals surface area contributed by atoms with Gasteiger partial charge >= 0.3 is 5.69 Å². The number of aromatic hydroxyl groups is 1. The second-order valence-corrected chi connectivity index (χ2v) is 16.1. The topological polar surface area (TPSA) is 143 Å². The Morgan fingerprint density at radius 2 is 1.64 bits per heavy atom. The number of carbonyl (C=O) groups excluding carboxylic acids is 3. The lowest BCUT2D eigenvalue weighted by Gasteiger charge is -2.28. The second-order valence-electron chi connectivity index (χ2n) is 16.1. The molecule has 4 heterocycles. The number of piperidine rings is 1. The normalized spacial score (nSPS) is 19.7. The molecule has 2 fully saturated rings. The number of phenols is 1. The molecule has 3 amide bonds. The van der Waals surface area contributed by atoms with Crippen LogP contribution in [-0.4, -0.2) is 59.7 Å². The van der Waals surface area contributed by atoms with E-state index in [1.807, 2.05) is 22.9 Å². The van der Waals surface area contributed by atoms with Crippen molar-refractivity contribution >= 4 is 39.7 Å². The van der Waals surface area contributed by atoms with Gasteiger partial charge in [0.25, 0.3) is 5.91 Å². The first-order valence-corrected chi connectivity index (χ1v) is 19.9. The van der Waals surface area contributed by atoms with Crippen LogP contribution in [0.3, 0.4) is 0 Å². The van der Waals surface area contributed by atoms with E-state index in [1.165, 1.54) is 15.7 Å². The molecule has 4 aromatic carbocycles. The summed E-state index contributed by atoms with van der Waals surface area (Å²) >= 11 is 0. The number of hydrogen-bond donors (Lipinski definition) is 3. The van der Waals surface area contributed by atoms with E-state index < -0.39 is 46.6 Å². The quantitative estimate of drug-likeness (QED) is 0.117. The minimum absolute atomic E-state index is 0.116. The van der Waals surface area contributed by atoms with Gasteiger partial charge in [0.15, 0.2) is 17.4 Å². The van der Waals surface area contributed by atoms with E-state index in [0.29, 0.717) is 18.0 Å². The van der Waals surface area contributed by atoms with E-state index in [9.17, 15) is 37.5 Å². The number of aromatic nitrogens is 4. The molecule has 2 aliphatic heterocycles. The lowest BCUT2D eigenvalue weighted by Crippen LogP contribution is -2.44. The molecule has 1 saturated heterocycles. The number of fused-ring (bicyclic) bond motifs is 3. The molecule has 59 heavy (non-hydrogen) atoms. The van der Waals surface area contributed by atoms with Gasteiger partial charge in [0.05, 0.1) is 28.2 Å². The number of carbonyl (C=O) groups is 3. The maximum Gasteiger partial charge on any atom is 0.329 e. The summed E-state index contributed by atoms with van der Waals surface area (Å²) in [7, 11) is 1.71. The third-order valence-electron chi connectivity index (χ3n) is 12.4. The van der Waals surface area contributed by atoms with Crippen molar-refractivity contribution in [3.8, 4) is 16.9 Å². The van der Waals surface area contributed by atoms with Crippen molar-refractivity contribution in [1.29, 1.82) is 0 Å². The fraction of sp³-hybridized carbons (Fsp3) is 0.341. The fourth-order valence-corrected chi connectivity index (χ4v) is 8.98. The SMILES string of the molecule is Cn1c(=O)n([C@@H]2CCC(=O)NC2=O)c2ccc(CCN3Cc4ccc(-c5ccc6cn(C7CCC(CNC(=O)c8cc(F)c(O)c(F)c8F)CC7)nc6c5)cc4C3)cc21. The molecule has 15 heteroatoms. The van der Waals surface area contributed by atoms with Crippen LogP contribution < -0.4 is 16.3 Å². The smallest absolute Gasteiger partial charge is 0.329 e. The van der Waals surface area contributed by atoms with Crippen molar-refractivity contribution in [3.63, 3.8) is 0 Å². The van der Waals surface area contributed by atoms with Crippen LogP contribution in [0.4, 0.5) is 13.2 Å². The second kappa shape index (κ2) is 15.2. The monoisotopic (exact) mass is 805 g/mol. The number of amides is 3. The molecule has 1 aliphatic carbocycles. The number of phenolic OH excluding ortho intramolecular Hbond substituents is 1. The Labute approximate surface area is 336 Å². The third-order valence-corrected chi connectivity index (χ3v) is 12.4. The summed E-state index contributed by atoms with van der Waals surface area (Å²) < 4.78 is 46.7. The van der Waals surface area contributed by atoms with Crippen molar-refractivity contribution in [1.82, 2.24) is 34.4 Å². The molecule has 0 spiro atoms. The van der Waals surface area contributed by atoms with Crippen LogP contribution in [0.5, 0.6) is 5.75 Å². The predicted molar refractivity (Wildman–Crippen MR) is 213 cm³/mol. The Kier molecular flexibility index (Phi) is 9.86. The van der Waals surface area contributed by atoms with E-state index in [2.05, 4.69) is 58.1 Å². The van der Waals surface area contributed by atoms with Crippen LogP contribution in [0.1, 0.15) is 77.7 Å². The Morgan fingerprint density at radius 1 is 0.881 bits per heavy atom. The maximum absolute atomic E-state index is 14.2. The number of hydrogen-bond acceptors (Lipinski definition) is 7. The number of aryl methyl sites for hydroxylation is 1. The summed E-state index contributed by atoms with van der Waals surface area (Å²) in [6, 6.07) is 18.8. The van der Waals surface area contributed by atoms with Gasteiger partial charge in [-0.3, -0.25) is 38.4 Å². The molecule has 0 bridgehead atoms. The number of rotatable bonds is 9. The van der Waals surface area contributed by atoms with Gasteiger partial charge in [0.1, 0.15) is 6.04 Å². The number of halogens is 3. The Hall–Kier alpha value is -6.22. The standard InChI is InChI=1S/C44H42F3N7O5/c1-51-37-16-24(4-11-35(37)54(44(51)59)36-12-13-38(55)49-43(36)58)14-15-52-21-28-7-5-26(17-30(28)22-52)27-6-8-29-23-53(50-34(29)18-27)31-9-2-25(3-10-31)20-48-42(57)32-19-33(45)41(56)40(47)39(32)46/h4-8,11,16-19,23,25,31,36,56H,2-3,9-10,12-15,20-22H2,1H3,(H,48,57)(H,49,55,58)/t25?,31?,36-/m1/s1. The minimum atomic E-state index is -1.78. The van der Waals surface area contributed by atoms with Gasteiger partial charge in [-0.2, -0.15) is 9.49 Å². The number of nitrogens with one attached hydrogen (secondary N) is 2. The van der Waals surface area contributed by atoms with Gasteiger partial charge in [-0.1, -0.05) is 30.3 Å². The molecular formula is C44H42F3N7O5. The molecule has 0 radical (unpaired) electrons. The highest BCUT2D eigenvalue weighted by Crippen LogP contribution is 2.35. The maximum atomic E-state index is 14.2. The summed E-state index contributed by atoms with van der Waals surface area (Å²) in [6.07, 6.45) is 6.58. The van der Waals surface area contributed by atoms with Crippen molar-refractivity contribution in [2.45, 2.75) is 70.1 Å². The van der Waals surface area contributed by atoms with Crippen molar-refractivity contribution in [2.24, 2.45) is 13.0 Å². The largest absolute Gasteiger partial charge is 0.503 e. The van der Waals surface area contributed by atoms with Gasteiger partial charge in [-0.25, -0.2) is 13.6 Å². The first-order valence-electron chi connectivity index (χ1n) is 19.9. The first-order chi connectivity index (χ1) is 28.4. The van der Waals surface area contributed by atoms with Crippen LogP contribution in [0.2, 0.25) is 0 Å². The number of benzene rings is 4. The summed E-state index contributed by atoms with van der Waals surface area (Å²) in [5.41, 5.74) is 7.15. The molecule has 12 nitrogen and oxygen atoms in total. The predicted octanol–water partition coefficient (Wildman–Crippen LogP) is 6.18. The number of nitrogens with zero attached hydrogens (tertiary/aromatic N) is 5. The molecule has 3 aliphatic rings. The molecule has 3 N–H and O–H groups in total.